The molecule has 1 aromatic carbocycles. The van der Waals surface area contributed by atoms with E-state index in [1.165, 1.54) is 24.3 Å². The molecule has 17 heavy (non-hydrogen) atoms. The van der Waals surface area contributed by atoms with Gasteiger partial charge in [-0.2, -0.15) is 0 Å². The molecule has 0 radical (unpaired) electrons. The van der Waals surface area contributed by atoms with Crippen LogP contribution in [0.15, 0.2) is 24.3 Å². The number of hydrogen-bond donors (Lipinski definition) is 2. The summed E-state index contributed by atoms with van der Waals surface area (Å²) in [5, 5.41) is 2.74. The smallest absolute Gasteiger partial charge is 0.271 e. The molecule has 0 spiro atoms. The van der Waals surface area contributed by atoms with Gasteiger partial charge in [0.2, 0.25) is 0 Å². The van der Waals surface area contributed by atoms with Gasteiger partial charge in [-0.1, -0.05) is 25.5 Å². The summed E-state index contributed by atoms with van der Waals surface area (Å²) in [5.41, 5.74) is 0.661. The van der Waals surface area contributed by atoms with Gasteiger partial charge in [0.1, 0.15) is 5.82 Å². The van der Waals surface area contributed by atoms with Gasteiger partial charge >= 0.3 is 0 Å². The van der Waals surface area contributed by atoms with Gasteiger partial charge in [0, 0.05) is 6.04 Å². The fourth-order valence-electron chi connectivity index (χ4n) is 1.72. The molecule has 5 heteroatoms. The summed E-state index contributed by atoms with van der Waals surface area (Å²) in [4.78, 5) is 9.78. The fourth-order valence-corrected chi connectivity index (χ4v) is 3.34. The maximum Gasteiger partial charge on any atom is 0.271 e. The molecule has 2 N–H and O–H groups in total. The average molecular weight is 259 g/mol. The van der Waals surface area contributed by atoms with Crippen molar-refractivity contribution >= 4 is 7.52 Å². The van der Waals surface area contributed by atoms with Crippen molar-refractivity contribution in [3.63, 3.8) is 0 Å². The van der Waals surface area contributed by atoms with E-state index >= 15 is 0 Å². The molecule has 1 aromatic rings. The van der Waals surface area contributed by atoms with Crippen molar-refractivity contribution in [1.29, 1.82) is 0 Å². The molecule has 0 heterocycles. The monoisotopic (exact) mass is 259 g/mol. The molecule has 2 atom stereocenters. The summed E-state index contributed by atoms with van der Waals surface area (Å²) in [5.74, 6) is -0.339. The van der Waals surface area contributed by atoms with Crippen LogP contribution in [0.1, 0.15) is 32.3 Å². The number of hydrogen-bond acceptors (Lipinski definition) is 1. The van der Waals surface area contributed by atoms with Gasteiger partial charge in [-0.25, -0.2) is 9.48 Å². The minimum absolute atomic E-state index is 0.0104. The highest BCUT2D eigenvalue weighted by Crippen LogP contribution is 2.40. The number of rotatable bonds is 6. The Balaban J connectivity index is 2.59. The first-order valence-corrected chi connectivity index (χ1v) is 7.61. The van der Waals surface area contributed by atoms with Crippen LogP contribution in [0, 0.1) is 5.82 Å². The highest BCUT2D eigenvalue weighted by Gasteiger charge is 2.20. The van der Waals surface area contributed by atoms with Gasteiger partial charge in [0.25, 0.3) is 7.52 Å². The van der Waals surface area contributed by atoms with E-state index in [-0.39, 0.29) is 18.0 Å². The van der Waals surface area contributed by atoms with Crippen molar-refractivity contribution in [2.45, 2.75) is 38.9 Å². The van der Waals surface area contributed by atoms with E-state index in [2.05, 4.69) is 5.09 Å². The predicted molar refractivity (Wildman–Crippen MR) is 67.4 cm³/mol. The summed E-state index contributed by atoms with van der Waals surface area (Å²) in [7, 11) is -3.39. The topological polar surface area (TPSA) is 49.3 Å². The Morgan fingerprint density at radius 1 is 1.41 bits per heavy atom. The van der Waals surface area contributed by atoms with E-state index in [9.17, 15) is 13.8 Å². The van der Waals surface area contributed by atoms with Crippen molar-refractivity contribution in [3.8, 4) is 0 Å². The van der Waals surface area contributed by atoms with Crippen molar-refractivity contribution in [2.75, 3.05) is 0 Å². The van der Waals surface area contributed by atoms with E-state index in [4.69, 9.17) is 0 Å². The Bertz CT molecular complexity index is 394. The van der Waals surface area contributed by atoms with Gasteiger partial charge in [-0.05, 0) is 31.0 Å². The minimum atomic E-state index is -3.39. The lowest BCUT2D eigenvalue weighted by atomic mass is 10.2. The van der Waals surface area contributed by atoms with Crippen molar-refractivity contribution in [3.05, 3.63) is 35.6 Å². The Labute approximate surface area is 102 Å². The quantitative estimate of drug-likeness (QED) is 0.771. The predicted octanol–water partition coefficient (Wildman–Crippen LogP) is 3.29. The largest absolute Gasteiger partial charge is 0.333 e. The molecular formula is C12H19FNO2P. The first-order valence-electron chi connectivity index (χ1n) is 5.77. The van der Waals surface area contributed by atoms with Crippen LogP contribution in [0.5, 0.6) is 0 Å². The second-order valence-corrected chi connectivity index (χ2v) is 6.28. The summed E-state index contributed by atoms with van der Waals surface area (Å²) in [6, 6.07) is 5.67. The number of nitrogens with one attached hydrogen (secondary N) is 1. The lowest BCUT2D eigenvalue weighted by Crippen LogP contribution is -2.23. The highest BCUT2D eigenvalue weighted by molar-refractivity contribution is 7.55. The Hall–Kier alpha value is -0.700. The molecule has 0 bridgehead atoms. The first-order chi connectivity index (χ1) is 7.93. The van der Waals surface area contributed by atoms with Crippen LogP contribution in [0.25, 0.3) is 0 Å². The second-order valence-electron chi connectivity index (χ2n) is 4.30. The van der Waals surface area contributed by atoms with Gasteiger partial charge in [0.15, 0.2) is 0 Å². The van der Waals surface area contributed by atoms with Gasteiger partial charge in [-0.15, -0.1) is 0 Å². The molecule has 0 fully saturated rings. The molecule has 3 nitrogen and oxygen atoms in total. The number of benzene rings is 1. The zero-order chi connectivity index (χ0) is 12.9. The third-order valence-electron chi connectivity index (χ3n) is 2.45. The number of halogens is 1. The minimum Gasteiger partial charge on any atom is -0.333 e. The summed E-state index contributed by atoms with van der Waals surface area (Å²) < 4.78 is 24.6. The van der Waals surface area contributed by atoms with Crippen LogP contribution < -0.4 is 5.09 Å². The van der Waals surface area contributed by atoms with Crippen molar-refractivity contribution in [2.24, 2.45) is 0 Å². The molecule has 0 saturated heterocycles. The second kappa shape index (κ2) is 6.29. The van der Waals surface area contributed by atoms with Crippen LogP contribution in [0.3, 0.4) is 0 Å². The SMILES string of the molecule is CCCC(C)NP(=O)(O)Cc1ccc(F)cc1. The molecule has 0 amide bonds. The molecule has 2 unspecified atom stereocenters. The van der Waals surface area contributed by atoms with E-state index in [0.717, 1.165) is 12.8 Å². The fraction of sp³-hybridized carbons (Fsp3) is 0.500. The maximum absolute atomic E-state index is 12.7. The van der Waals surface area contributed by atoms with Crippen molar-refractivity contribution in [1.82, 2.24) is 5.09 Å². The summed E-state index contributed by atoms with van der Waals surface area (Å²) >= 11 is 0. The highest BCUT2D eigenvalue weighted by atomic mass is 31.2. The summed E-state index contributed by atoms with van der Waals surface area (Å²) in [6.45, 7) is 3.91. The Kier molecular flexibility index (Phi) is 5.31. The maximum atomic E-state index is 12.7. The molecule has 0 saturated carbocycles. The molecule has 0 aromatic heterocycles. The molecular weight excluding hydrogens is 240 g/mol. The Morgan fingerprint density at radius 3 is 2.53 bits per heavy atom. The normalized spacial score (nSPS) is 16.5. The Morgan fingerprint density at radius 2 is 2.00 bits per heavy atom. The standard InChI is InChI=1S/C12H19FNO2P/c1-3-4-10(2)14-17(15,16)9-11-5-7-12(13)8-6-11/h5-8,10H,3-4,9H2,1-2H3,(H2,14,15,16). The van der Waals surface area contributed by atoms with E-state index in [1.807, 2.05) is 13.8 Å². The van der Waals surface area contributed by atoms with Gasteiger partial charge in [-0.3, -0.25) is 4.57 Å². The molecule has 0 aliphatic rings. The average Bonchev–Trinajstić information content (AvgIpc) is 2.20. The van der Waals surface area contributed by atoms with Crippen LogP contribution in [-0.2, 0) is 10.7 Å². The molecule has 0 aliphatic heterocycles. The zero-order valence-corrected chi connectivity index (χ0v) is 11.1. The lowest BCUT2D eigenvalue weighted by molar-refractivity contribution is 0.444. The molecule has 0 aliphatic carbocycles. The van der Waals surface area contributed by atoms with Gasteiger partial charge in [0.05, 0.1) is 6.16 Å². The van der Waals surface area contributed by atoms with E-state index < -0.39 is 7.52 Å². The molecule has 96 valence electrons. The van der Waals surface area contributed by atoms with E-state index in [1.54, 1.807) is 0 Å². The first kappa shape index (κ1) is 14.4. The van der Waals surface area contributed by atoms with Crippen LogP contribution in [0.4, 0.5) is 4.39 Å². The van der Waals surface area contributed by atoms with Crippen LogP contribution >= 0.6 is 7.52 Å². The van der Waals surface area contributed by atoms with Crippen molar-refractivity contribution < 1.29 is 13.8 Å². The van der Waals surface area contributed by atoms with E-state index in [0.29, 0.717) is 5.56 Å². The summed E-state index contributed by atoms with van der Waals surface area (Å²) in [6.07, 6.45) is 1.85. The van der Waals surface area contributed by atoms with Crippen LogP contribution in [0.2, 0.25) is 0 Å². The third kappa shape index (κ3) is 5.44. The van der Waals surface area contributed by atoms with Gasteiger partial charge < -0.3 is 4.89 Å². The lowest BCUT2D eigenvalue weighted by Gasteiger charge is -2.18. The zero-order valence-electron chi connectivity index (χ0n) is 10.2. The van der Waals surface area contributed by atoms with Crippen LogP contribution in [-0.4, -0.2) is 10.9 Å². The molecule has 1 rings (SSSR count). The third-order valence-corrected chi connectivity index (χ3v) is 4.09.